The van der Waals surface area contributed by atoms with Crippen molar-refractivity contribution >= 4 is 17.4 Å². The van der Waals surface area contributed by atoms with Crippen molar-refractivity contribution in [3.63, 3.8) is 0 Å². The maximum absolute atomic E-state index is 12.0. The maximum atomic E-state index is 12.0. The molecule has 0 saturated carbocycles. The molecule has 0 bridgehead atoms. The van der Waals surface area contributed by atoms with Crippen molar-refractivity contribution in [1.29, 1.82) is 5.26 Å². The van der Waals surface area contributed by atoms with E-state index in [-0.39, 0.29) is 24.3 Å². The Labute approximate surface area is 169 Å². The summed E-state index contributed by atoms with van der Waals surface area (Å²) in [5, 5.41) is 15.5. The van der Waals surface area contributed by atoms with Crippen molar-refractivity contribution in [2.24, 2.45) is 10.9 Å². The summed E-state index contributed by atoms with van der Waals surface area (Å²) in [4.78, 5) is 17.2. The standard InChI is InChI=1S/C23H20N4O2/c24-15-17-11-13-20(14-12-17)26-21(28)16-29-27-23(25)22(18-7-3-1-4-8-18)19-9-5-2-6-10-19/h1-14,22H,16H2,(H2,25,27)(H,26,28). The molecule has 29 heavy (non-hydrogen) atoms. The van der Waals surface area contributed by atoms with E-state index >= 15 is 0 Å². The van der Waals surface area contributed by atoms with Gasteiger partial charge in [0, 0.05) is 5.69 Å². The molecule has 0 aromatic heterocycles. The van der Waals surface area contributed by atoms with Gasteiger partial charge in [0.15, 0.2) is 12.4 Å². The highest BCUT2D eigenvalue weighted by atomic mass is 16.6. The smallest absolute Gasteiger partial charge is 0.265 e. The van der Waals surface area contributed by atoms with Gasteiger partial charge in [-0.1, -0.05) is 65.8 Å². The molecule has 6 heteroatoms. The topological polar surface area (TPSA) is 100 Å². The van der Waals surface area contributed by atoms with Crippen LogP contribution in [0, 0.1) is 11.3 Å². The molecular weight excluding hydrogens is 364 g/mol. The lowest BCUT2D eigenvalue weighted by Gasteiger charge is -2.17. The molecule has 0 aliphatic heterocycles. The van der Waals surface area contributed by atoms with E-state index in [1.807, 2.05) is 66.7 Å². The predicted octanol–water partition coefficient (Wildman–Crippen LogP) is 3.62. The molecular formula is C23H20N4O2. The van der Waals surface area contributed by atoms with E-state index in [0.29, 0.717) is 11.3 Å². The third-order valence-corrected chi connectivity index (χ3v) is 4.22. The first-order valence-electron chi connectivity index (χ1n) is 9.02. The first-order chi connectivity index (χ1) is 14.2. The highest BCUT2D eigenvalue weighted by molar-refractivity contribution is 5.92. The van der Waals surface area contributed by atoms with Crippen LogP contribution in [0.15, 0.2) is 90.1 Å². The molecule has 0 saturated heterocycles. The minimum Gasteiger partial charge on any atom is -0.384 e. The van der Waals surface area contributed by atoms with E-state index < -0.39 is 0 Å². The third-order valence-electron chi connectivity index (χ3n) is 4.22. The maximum Gasteiger partial charge on any atom is 0.265 e. The Bertz CT molecular complexity index is 971. The number of oxime groups is 1. The van der Waals surface area contributed by atoms with Gasteiger partial charge >= 0.3 is 0 Å². The summed E-state index contributed by atoms with van der Waals surface area (Å²) in [6, 6.07) is 28.0. The number of nitrogens with zero attached hydrogens (tertiary/aromatic N) is 2. The molecule has 3 aromatic rings. The number of carbonyl (C=O) groups is 1. The van der Waals surface area contributed by atoms with Gasteiger partial charge in [0.25, 0.3) is 5.91 Å². The molecule has 1 amide bonds. The number of rotatable bonds is 7. The van der Waals surface area contributed by atoms with E-state index in [9.17, 15) is 4.79 Å². The molecule has 3 N–H and O–H groups in total. The third kappa shape index (κ3) is 5.44. The van der Waals surface area contributed by atoms with Crippen molar-refractivity contribution in [1.82, 2.24) is 0 Å². The molecule has 0 heterocycles. The van der Waals surface area contributed by atoms with Gasteiger partial charge in [-0.05, 0) is 35.4 Å². The summed E-state index contributed by atoms with van der Waals surface area (Å²) in [6.07, 6.45) is 0. The fourth-order valence-corrected chi connectivity index (χ4v) is 2.87. The number of anilines is 1. The average Bonchev–Trinajstić information content (AvgIpc) is 2.76. The second-order valence-corrected chi connectivity index (χ2v) is 6.28. The second-order valence-electron chi connectivity index (χ2n) is 6.28. The molecule has 0 aliphatic rings. The Morgan fingerprint density at radius 1 is 0.966 bits per heavy atom. The van der Waals surface area contributed by atoms with Crippen LogP contribution in [0.4, 0.5) is 5.69 Å². The normalized spacial score (nSPS) is 11.0. The van der Waals surface area contributed by atoms with Gasteiger partial charge in [0.2, 0.25) is 0 Å². The number of benzene rings is 3. The Kier molecular flexibility index (Phi) is 6.58. The van der Waals surface area contributed by atoms with E-state index in [1.54, 1.807) is 24.3 Å². The molecule has 0 atom stereocenters. The zero-order valence-electron chi connectivity index (χ0n) is 15.7. The van der Waals surface area contributed by atoms with Crippen molar-refractivity contribution in [2.45, 2.75) is 5.92 Å². The number of nitriles is 1. The predicted molar refractivity (Wildman–Crippen MR) is 112 cm³/mol. The molecule has 0 aliphatic carbocycles. The summed E-state index contributed by atoms with van der Waals surface area (Å²) in [5.74, 6) is -0.394. The van der Waals surface area contributed by atoms with E-state index in [4.69, 9.17) is 15.8 Å². The van der Waals surface area contributed by atoms with Crippen molar-refractivity contribution in [3.8, 4) is 6.07 Å². The van der Waals surface area contributed by atoms with Gasteiger partial charge in [-0.2, -0.15) is 5.26 Å². The van der Waals surface area contributed by atoms with Crippen LogP contribution < -0.4 is 11.1 Å². The number of amidine groups is 1. The first kappa shape index (κ1) is 19.6. The fraction of sp³-hybridized carbons (Fsp3) is 0.0870. The number of nitrogens with one attached hydrogen (secondary N) is 1. The van der Waals surface area contributed by atoms with Crippen LogP contribution in [0.5, 0.6) is 0 Å². The first-order valence-corrected chi connectivity index (χ1v) is 9.02. The van der Waals surface area contributed by atoms with Crippen LogP contribution in [-0.2, 0) is 9.63 Å². The molecule has 0 radical (unpaired) electrons. The lowest BCUT2D eigenvalue weighted by atomic mass is 9.90. The molecule has 3 aromatic carbocycles. The minimum absolute atomic E-state index is 0.258. The minimum atomic E-state index is -0.373. The number of nitrogens with two attached hydrogens (primary N) is 1. The molecule has 0 fully saturated rings. The summed E-state index contributed by atoms with van der Waals surface area (Å²) in [6.45, 7) is -0.281. The van der Waals surface area contributed by atoms with Gasteiger partial charge in [0.1, 0.15) is 0 Å². The van der Waals surface area contributed by atoms with Gasteiger partial charge in [0.05, 0.1) is 17.6 Å². The molecule has 0 unspecified atom stereocenters. The summed E-state index contributed by atoms with van der Waals surface area (Å²) in [5.41, 5.74) is 9.26. The Morgan fingerprint density at radius 2 is 1.52 bits per heavy atom. The number of hydrogen-bond donors (Lipinski definition) is 2. The molecule has 144 valence electrons. The zero-order valence-corrected chi connectivity index (χ0v) is 15.7. The molecule has 0 spiro atoms. The van der Waals surface area contributed by atoms with Crippen LogP contribution in [-0.4, -0.2) is 18.3 Å². The van der Waals surface area contributed by atoms with Crippen LogP contribution in [0.3, 0.4) is 0 Å². The highest BCUT2D eigenvalue weighted by Gasteiger charge is 2.19. The average molecular weight is 384 g/mol. The number of hydrogen-bond acceptors (Lipinski definition) is 4. The van der Waals surface area contributed by atoms with Gasteiger partial charge < -0.3 is 15.9 Å². The summed E-state index contributed by atoms with van der Waals surface area (Å²) >= 11 is 0. The summed E-state index contributed by atoms with van der Waals surface area (Å²) in [7, 11) is 0. The Hall–Kier alpha value is -4.11. The zero-order chi connectivity index (χ0) is 20.5. The lowest BCUT2D eigenvalue weighted by Crippen LogP contribution is -2.24. The van der Waals surface area contributed by atoms with Gasteiger partial charge in [-0.3, -0.25) is 4.79 Å². The lowest BCUT2D eigenvalue weighted by molar-refractivity contribution is -0.120. The van der Waals surface area contributed by atoms with Crippen LogP contribution in [0.1, 0.15) is 22.6 Å². The largest absolute Gasteiger partial charge is 0.384 e. The van der Waals surface area contributed by atoms with Crippen molar-refractivity contribution in [3.05, 3.63) is 102 Å². The van der Waals surface area contributed by atoms with E-state index in [1.165, 1.54) is 0 Å². The van der Waals surface area contributed by atoms with Crippen LogP contribution in [0.2, 0.25) is 0 Å². The highest BCUT2D eigenvalue weighted by Crippen LogP contribution is 2.24. The molecule has 3 rings (SSSR count). The van der Waals surface area contributed by atoms with Crippen molar-refractivity contribution in [2.75, 3.05) is 11.9 Å². The SMILES string of the molecule is N#Cc1ccc(NC(=O)CO/N=C(/N)C(c2ccccc2)c2ccccc2)cc1. The van der Waals surface area contributed by atoms with E-state index in [2.05, 4.69) is 10.5 Å². The fourth-order valence-electron chi connectivity index (χ4n) is 2.87. The molecule has 6 nitrogen and oxygen atoms in total. The quantitative estimate of drug-likeness (QED) is 0.369. The Morgan fingerprint density at radius 3 is 2.03 bits per heavy atom. The van der Waals surface area contributed by atoms with Crippen LogP contribution >= 0.6 is 0 Å². The second kappa shape index (κ2) is 9.72. The van der Waals surface area contributed by atoms with Crippen LogP contribution in [0.25, 0.3) is 0 Å². The Balaban J connectivity index is 1.66. The van der Waals surface area contributed by atoms with Crippen molar-refractivity contribution < 1.29 is 9.63 Å². The van der Waals surface area contributed by atoms with Gasteiger partial charge in [-0.25, -0.2) is 0 Å². The number of carbonyl (C=O) groups excluding carboxylic acids is 1. The summed E-state index contributed by atoms with van der Waals surface area (Å²) < 4.78 is 0. The monoisotopic (exact) mass is 384 g/mol. The van der Waals surface area contributed by atoms with Gasteiger partial charge in [-0.15, -0.1) is 0 Å². The van der Waals surface area contributed by atoms with E-state index in [0.717, 1.165) is 11.1 Å². The number of amides is 1.